The summed E-state index contributed by atoms with van der Waals surface area (Å²) in [6.07, 6.45) is 4.67. The molecule has 3 heterocycles. The van der Waals surface area contributed by atoms with Gasteiger partial charge in [0.1, 0.15) is 12.4 Å². The molecule has 1 aromatic heterocycles. The van der Waals surface area contributed by atoms with Crippen molar-refractivity contribution < 1.29 is 9.59 Å². The molecule has 2 saturated heterocycles. The van der Waals surface area contributed by atoms with Crippen molar-refractivity contribution in [1.82, 2.24) is 19.4 Å². The summed E-state index contributed by atoms with van der Waals surface area (Å²) < 4.78 is 2.06. The summed E-state index contributed by atoms with van der Waals surface area (Å²) in [5, 5.41) is 0. The van der Waals surface area contributed by atoms with E-state index < -0.39 is 0 Å². The van der Waals surface area contributed by atoms with Crippen LogP contribution in [0.5, 0.6) is 0 Å². The summed E-state index contributed by atoms with van der Waals surface area (Å²) in [5.41, 5.74) is 3.11. The van der Waals surface area contributed by atoms with Crippen LogP contribution in [0.15, 0.2) is 54.6 Å². The maximum atomic E-state index is 13.1. The molecule has 2 amide bonds. The summed E-state index contributed by atoms with van der Waals surface area (Å²) in [4.78, 5) is 34.7. The topological polar surface area (TPSA) is 58.4 Å². The average molecular weight is 431 g/mol. The van der Waals surface area contributed by atoms with Crippen molar-refractivity contribution in [2.75, 3.05) is 26.2 Å². The highest BCUT2D eigenvalue weighted by Gasteiger charge is 2.34. The van der Waals surface area contributed by atoms with Crippen LogP contribution in [0, 0.1) is 0 Å². The van der Waals surface area contributed by atoms with Gasteiger partial charge >= 0.3 is 0 Å². The summed E-state index contributed by atoms with van der Waals surface area (Å²) >= 11 is 0. The largest absolute Gasteiger partial charge is 0.342 e. The molecule has 0 aliphatic carbocycles. The molecule has 0 bridgehead atoms. The van der Waals surface area contributed by atoms with Crippen molar-refractivity contribution in [3.8, 4) is 0 Å². The zero-order valence-electron chi connectivity index (χ0n) is 18.4. The van der Waals surface area contributed by atoms with E-state index in [0.29, 0.717) is 26.1 Å². The number of piperidine rings is 1. The Bertz CT molecular complexity index is 1100. The van der Waals surface area contributed by atoms with Gasteiger partial charge in [-0.2, -0.15) is 0 Å². The molecule has 6 heteroatoms. The van der Waals surface area contributed by atoms with Gasteiger partial charge in [0.25, 0.3) is 0 Å². The molecule has 0 radical (unpaired) electrons. The maximum absolute atomic E-state index is 13.1. The first-order chi connectivity index (χ1) is 15.7. The molecule has 166 valence electrons. The lowest BCUT2D eigenvalue weighted by Gasteiger charge is -2.27. The number of aromatic nitrogens is 2. The van der Waals surface area contributed by atoms with Crippen molar-refractivity contribution in [1.29, 1.82) is 0 Å². The van der Waals surface area contributed by atoms with Crippen LogP contribution in [0.4, 0.5) is 0 Å². The van der Waals surface area contributed by atoms with Crippen LogP contribution < -0.4 is 0 Å². The second kappa shape index (κ2) is 9.15. The van der Waals surface area contributed by atoms with Gasteiger partial charge < -0.3 is 14.4 Å². The van der Waals surface area contributed by atoms with Crippen LogP contribution in [0.1, 0.15) is 43.0 Å². The fourth-order valence-electron chi connectivity index (χ4n) is 5.02. The predicted octanol–water partition coefficient (Wildman–Crippen LogP) is 3.61. The first-order valence-electron chi connectivity index (χ1n) is 11.7. The second-order valence-electron chi connectivity index (χ2n) is 8.96. The molecule has 2 aromatic carbocycles. The number of nitrogens with zero attached hydrogens (tertiary/aromatic N) is 4. The number of carbonyl (C=O) groups is 2. The van der Waals surface area contributed by atoms with Gasteiger partial charge in [0.05, 0.1) is 11.0 Å². The zero-order chi connectivity index (χ0) is 21.9. The third kappa shape index (κ3) is 4.27. The predicted molar refractivity (Wildman–Crippen MR) is 124 cm³/mol. The fourth-order valence-corrected chi connectivity index (χ4v) is 5.02. The van der Waals surface area contributed by atoms with Gasteiger partial charge in [-0.1, -0.05) is 42.5 Å². The standard InChI is InChI=1S/C26H30N4O2/c31-24-17-21(18-29(24)16-13-20-9-3-1-4-10-20)26-27-22-11-5-6-12-23(22)30(26)19-25(32)28-14-7-2-8-15-28/h1,3-6,9-12,21H,2,7-8,13-19H2/t21-/m0/s1. The molecule has 6 nitrogen and oxygen atoms in total. The number of para-hydroxylation sites is 2. The van der Waals surface area contributed by atoms with Crippen LogP contribution in [-0.4, -0.2) is 57.3 Å². The van der Waals surface area contributed by atoms with E-state index in [1.807, 2.05) is 52.3 Å². The Labute approximate surface area is 188 Å². The van der Waals surface area contributed by atoms with Crippen LogP contribution in [0.3, 0.4) is 0 Å². The Hall–Kier alpha value is -3.15. The lowest BCUT2D eigenvalue weighted by molar-refractivity contribution is -0.132. The minimum absolute atomic E-state index is 0.0137. The van der Waals surface area contributed by atoms with Gasteiger partial charge in [0.15, 0.2) is 0 Å². The van der Waals surface area contributed by atoms with Gasteiger partial charge in [-0.05, 0) is 43.4 Å². The van der Waals surface area contributed by atoms with E-state index in [1.165, 1.54) is 12.0 Å². The Morgan fingerprint density at radius 3 is 2.53 bits per heavy atom. The molecule has 2 fully saturated rings. The zero-order valence-corrected chi connectivity index (χ0v) is 18.4. The van der Waals surface area contributed by atoms with Crippen LogP contribution in [0.2, 0.25) is 0 Å². The molecule has 2 aliphatic heterocycles. The van der Waals surface area contributed by atoms with Gasteiger partial charge in [0, 0.05) is 38.5 Å². The Morgan fingerprint density at radius 2 is 1.72 bits per heavy atom. The fraction of sp³-hybridized carbons (Fsp3) is 0.423. The molecule has 32 heavy (non-hydrogen) atoms. The lowest BCUT2D eigenvalue weighted by atomic mass is 10.1. The molecule has 0 saturated carbocycles. The Balaban J connectivity index is 1.36. The lowest BCUT2D eigenvalue weighted by Crippen LogP contribution is -2.38. The van der Waals surface area contributed by atoms with Crippen LogP contribution in [0.25, 0.3) is 11.0 Å². The number of rotatable bonds is 6. The molecular formula is C26H30N4O2. The van der Waals surface area contributed by atoms with E-state index in [-0.39, 0.29) is 17.7 Å². The number of benzene rings is 2. The smallest absolute Gasteiger partial charge is 0.242 e. The first-order valence-corrected chi connectivity index (χ1v) is 11.7. The van der Waals surface area contributed by atoms with Gasteiger partial charge in [-0.15, -0.1) is 0 Å². The maximum Gasteiger partial charge on any atom is 0.242 e. The SMILES string of the molecule is O=C(Cn1c([C@H]2CC(=O)N(CCc3ccccc3)C2)nc2ccccc21)N1CCCCC1. The highest BCUT2D eigenvalue weighted by molar-refractivity contribution is 5.83. The van der Waals surface area contributed by atoms with Crippen molar-refractivity contribution in [3.63, 3.8) is 0 Å². The van der Waals surface area contributed by atoms with Gasteiger partial charge in [0.2, 0.25) is 11.8 Å². The number of amides is 2. The number of fused-ring (bicyclic) bond motifs is 1. The van der Waals surface area contributed by atoms with Crippen molar-refractivity contribution in [3.05, 3.63) is 66.0 Å². The monoisotopic (exact) mass is 430 g/mol. The highest BCUT2D eigenvalue weighted by Crippen LogP contribution is 2.30. The molecule has 2 aliphatic rings. The molecule has 3 aromatic rings. The molecular weight excluding hydrogens is 400 g/mol. The van der Waals surface area contributed by atoms with E-state index in [0.717, 1.165) is 49.2 Å². The minimum atomic E-state index is 0.0137. The molecule has 5 rings (SSSR count). The minimum Gasteiger partial charge on any atom is -0.342 e. The molecule has 0 unspecified atom stereocenters. The summed E-state index contributed by atoms with van der Waals surface area (Å²) in [5.74, 6) is 1.21. The first kappa shape index (κ1) is 20.7. The average Bonchev–Trinajstić information content (AvgIpc) is 3.39. The third-order valence-electron chi connectivity index (χ3n) is 6.78. The van der Waals surface area contributed by atoms with E-state index in [2.05, 4.69) is 16.7 Å². The van der Waals surface area contributed by atoms with Crippen molar-refractivity contribution in [2.24, 2.45) is 0 Å². The van der Waals surface area contributed by atoms with E-state index >= 15 is 0 Å². The number of imidazole rings is 1. The third-order valence-corrected chi connectivity index (χ3v) is 6.78. The number of hydrogen-bond donors (Lipinski definition) is 0. The molecule has 0 N–H and O–H groups in total. The normalized spacial score (nSPS) is 19.1. The highest BCUT2D eigenvalue weighted by atomic mass is 16.2. The molecule has 1 atom stereocenters. The van der Waals surface area contributed by atoms with Gasteiger partial charge in [-0.25, -0.2) is 4.98 Å². The van der Waals surface area contributed by atoms with E-state index in [1.54, 1.807) is 0 Å². The van der Waals surface area contributed by atoms with E-state index in [4.69, 9.17) is 4.98 Å². The van der Waals surface area contributed by atoms with E-state index in [9.17, 15) is 9.59 Å². The van der Waals surface area contributed by atoms with Crippen molar-refractivity contribution >= 4 is 22.8 Å². The number of likely N-dealkylation sites (tertiary alicyclic amines) is 2. The molecule has 0 spiro atoms. The summed E-state index contributed by atoms with van der Waals surface area (Å²) in [7, 11) is 0. The number of hydrogen-bond acceptors (Lipinski definition) is 3. The van der Waals surface area contributed by atoms with Crippen LogP contribution >= 0.6 is 0 Å². The second-order valence-corrected chi connectivity index (χ2v) is 8.96. The van der Waals surface area contributed by atoms with Crippen LogP contribution in [-0.2, 0) is 22.6 Å². The number of carbonyl (C=O) groups excluding carboxylic acids is 2. The summed E-state index contributed by atoms with van der Waals surface area (Å²) in [6, 6.07) is 18.3. The van der Waals surface area contributed by atoms with Gasteiger partial charge in [-0.3, -0.25) is 9.59 Å². The summed E-state index contributed by atoms with van der Waals surface area (Å²) in [6.45, 7) is 3.36. The Morgan fingerprint density at radius 1 is 0.969 bits per heavy atom. The van der Waals surface area contributed by atoms with Crippen molar-refractivity contribution in [2.45, 2.75) is 44.6 Å². The quantitative estimate of drug-likeness (QED) is 0.600. The Kier molecular flexibility index (Phi) is 5.93.